The summed E-state index contributed by atoms with van der Waals surface area (Å²) in [5.74, 6) is -0.402. The minimum atomic E-state index is -0.719. The number of nitrogens with zero attached hydrogens (tertiary/aromatic N) is 2. The van der Waals surface area contributed by atoms with E-state index in [2.05, 4.69) is 20.9 Å². The third-order valence-corrected chi connectivity index (χ3v) is 2.17. The van der Waals surface area contributed by atoms with Gasteiger partial charge >= 0.3 is 11.7 Å². The Labute approximate surface area is 99.9 Å². The van der Waals surface area contributed by atoms with Crippen LogP contribution in [-0.4, -0.2) is 22.3 Å². The van der Waals surface area contributed by atoms with Gasteiger partial charge in [-0.15, -0.1) is 0 Å². The zero-order valence-corrected chi connectivity index (χ0v) is 10.2. The summed E-state index contributed by atoms with van der Waals surface area (Å²) in [6, 6.07) is 1.32. The molecule has 1 aromatic rings. The van der Waals surface area contributed by atoms with Crippen LogP contribution in [0.2, 0.25) is 0 Å². The SMILES string of the molecule is CC(C)Oc1nc([N+](=O)[O-])c(C=O)cc1Br. The molecule has 0 bridgehead atoms. The minimum Gasteiger partial charge on any atom is -0.456 e. The Morgan fingerprint density at radius 3 is 2.69 bits per heavy atom. The molecule has 0 aromatic carbocycles. The first-order chi connectivity index (χ1) is 7.45. The van der Waals surface area contributed by atoms with E-state index in [1.165, 1.54) is 6.07 Å². The van der Waals surface area contributed by atoms with Crippen LogP contribution in [0.4, 0.5) is 5.82 Å². The van der Waals surface area contributed by atoms with Crippen LogP contribution in [0.15, 0.2) is 10.5 Å². The molecular formula is C9H9BrN2O4. The Balaban J connectivity index is 3.27. The first-order valence-electron chi connectivity index (χ1n) is 4.42. The number of aromatic nitrogens is 1. The molecule has 6 nitrogen and oxygen atoms in total. The predicted molar refractivity (Wildman–Crippen MR) is 59.7 cm³/mol. The van der Waals surface area contributed by atoms with Crippen LogP contribution in [-0.2, 0) is 0 Å². The topological polar surface area (TPSA) is 82.3 Å². The highest BCUT2D eigenvalue weighted by molar-refractivity contribution is 9.10. The van der Waals surface area contributed by atoms with Crippen molar-refractivity contribution in [2.45, 2.75) is 20.0 Å². The second-order valence-corrected chi connectivity index (χ2v) is 4.08. The molecule has 0 N–H and O–H groups in total. The van der Waals surface area contributed by atoms with Gasteiger partial charge in [-0.2, -0.15) is 0 Å². The molecule has 1 rings (SSSR count). The largest absolute Gasteiger partial charge is 0.456 e. The second-order valence-electron chi connectivity index (χ2n) is 3.23. The fourth-order valence-electron chi connectivity index (χ4n) is 1.02. The molecule has 0 atom stereocenters. The Kier molecular flexibility index (Phi) is 3.94. The first kappa shape index (κ1) is 12.6. The van der Waals surface area contributed by atoms with Crippen LogP contribution in [0, 0.1) is 10.1 Å². The van der Waals surface area contributed by atoms with Crippen molar-refractivity contribution in [3.05, 3.63) is 26.2 Å². The van der Waals surface area contributed by atoms with Crippen molar-refractivity contribution in [2.24, 2.45) is 0 Å². The molecule has 16 heavy (non-hydrogen) atoms. The van der Waals surface area contributed by atoms with E-state index in [0.717, 1.165) is 0 Å². The lowest BCUT2D eigenvalue weighted by Gasteiger charge is -2.07. The van der Waals surface area contributed by atoms with E-state index >= 15 is 0 Å². The van der Waals surface area contributed by atoms with Crippen molar-refractivity contribution in [3.8, 4) is 5.88 Å². The molecule has 0 spiro atoms. The highest BCUT2D eigenvalue weighted by atomic mass is 79.9. The van der Waals surface area contributed by atoms with Crippen molar-refractivity contribution < 1.29 is 14.5 Å². The van der Waals surface area contributed by atoms with Crippen LogP contribution < -0.4 is 4.74 Å². The molecule has 0 radical (unpaired) electrons. The Bertz CT molecular complexity index is 434. The van der Waals surface area contributed by atoms with E-state index in [9.17, 15) is 14.9 Å². The van der Waals surface area contributed by atoms with E-state index < -0.39 is 10.7 Å². The number of aldehydes is 1. The van der Waals surface area contributed by atoms with E-state index in [4.69, 9.17) is 4.74 Å². The lowest BCUT2D eigenvalue weighted by molar-refractivity contribution is -0.389. The van der Waals surface area contributed by atoms with Crippen molar-refractivity contribution in [1.29, 1.82) is 0 Å². The van der Waals surface area contributed by atoms with E-state index in [-0.39, 0.29) is 17.5 Å². The van der Waals surface area contributed by atoms with Gasteiger partial charge in [0.15, 0.2) is 6.29 Å². The first-order valence-corrected chi connectivity index (χ1v) is 5.21. The summed E-state index contributed by atoms with van der Waals surface area (Å²) in [4.78, 5) is 24.2. The molecule has 0 fully saturated rings. The highest BCUT2D eigenvalue weighted by Crippen LogP contribution is 2.28. The lowest BCUT2D eigenvalue weighted by Crippen LogP contribution is -2.09. The predicted octanol–water partition coefficient (Wildman–Crippen LogP) is 2.35. The zero-order valence-electron chi connectivity index (χ0n) is 8.64. The van der Waals surface area contributed by atoms with Crippen LogP contribution in [0.3, 0.4) is 0 Å². The minimum absolute atomic E-state index is 0.0898. The van der Waals surface area contributed by atoms with Crippen LogP contribution in [0.5, 0.6) is 5.88 Å². The number of ether oxygens (including phenoxy) is 1. The summed E-state index contributed by atoms with van der Waals surface area (Å²) < 4.78 is 5.67. The lowest BCUT2D eigenvalue weighted by atomic mass is 10.3. The molecule has 1 heterocycles. The number of halogens is 1. The quantitative estimate of drug-likeness (QED) is 0.482. The third kappa shape index (κ3) is 2.75. The number of hydrogen-bond donors (Lipinski definition) is 0. The summed E-state index contributed by atoms with van der Waals surface area (Å²) >= 11 is 3.13. The number of hydrogen-bond acceptors (Lipinski definition) is 5. The molecule has 7 heteroatoms. The highest BCUT2D eigenvalue weighted by Gasteiger charge is 2.22. The Morgan fingerprint density at radius 2 is 2.25 bits per heavy atom. The zero-order chi connectivity index (χ0) is 12.3. The van der Waals surface area contributed by atoms with Gasteiger partial charge in [0.25, 0.3) is 0 Å². The molecular weight excluding hydrogens is 280 g/mol. The van der Waals surface area contributed by atoms with Gasteiger partial charge in [-0.3, -0.25) is 4.79 Å². The molecule has 86 valence electrons. The van der Waals surface area contributed by atoms with Crippen LogP contribution in [0.25, 0.3) is 0 Å². The standard InChI is InChI=1S/C9H9BrN2O4/c1-5(2)16-9-7(10)3-6(4-13)8(11-9)12(14)15/h3-5H,1-2H3. The summed E-state index contributed by atoms with van der Waals surface area (Å²) in [5.41, 5.74) is -0.0898. The van der Waals surface area contributed by atoms with E-state index in [1.807, 2.05) is 0 Å². The maximum atomic E-state index is 10.6. The average molecular weight is 289 g/mol. The third-order valence-electron chi connectivity index (χ3n) is 1.60. The smallest absolute Gasteiger partial charge is 0.378 e. The monoisotopic (exact) mass is 288 g/mol. The molecule has 1 aromatic heterocycles. The maximum Gasteiger partial charge on any atom is 0.378 e. The molecule has 0 unspecified atom stereocenters. The van der Waals surface area contributed by atoms with Crippen molar-refractivity contribution >= 4 is 28.0 Å². The summed E-state index contributed by atoms with van der Waals surface area (Å²) in [6.07, 6.45) is 0.222. The second kappa shape index (κ2) is 5.02. The van der Waals surface area contributed by atoms with Gasteiger partial charge < -0.3 is 14.9 Å². The Hall–Kier alpha value is -1.50. The molecule has 0 aliphatic heterocycles. The van der Waals surface area contributed by atoms with Gasteiger partial charge in [0.05, 0.1) is 6.10 Å². The number of carbonyl (C=O) groups excluding carboxylic acids is 1. The van der Waals surface area contributed by atoms with Gasteiger partial charge in [-0.1, -0.05) is 0 Å². The van der Waals surface area contributed by atoms with Crippen molar-refractivity contribution in [3.63, 3.8) is 0 Å². The fourth-order valence-corrected chi connectivity index (χ4v) is 1.44. The summed E-state index contributed by atoms with van der Waals surface area (Å²) in [5, 5.41) is 10.6. The molecule has 0 aliphatic carbocycles. The fraction of sp³-hybridized carbons (Fsp3) is 0.333. The molecule has 0 amide bonds. The van der Waals surface area contributed by atoms with E-state index in [1.54, 1.807) is 13.8 Å². The van der Waals surface area contributed by atoms with Crippen molar-refractivity contribution in [2.75, 3.05) is 0 Å². The maximum absolute atomic E-state index is 10.6. The summed E-state index contributed by atoms with van der Waals surface area (Å²) in [6.45, 7) is 3.54. The van der Waals surface area contributed by atoms with Gasteiger partial charge in [0, 0.05) is 4.98 Å². The normalized spacial score (nSPS) is 10.2. The van der Waals surface area contributed by atoms with Gasteiger partial charge in [-0.05, 0) is 40.8 Å². The van der Waals surface area contributed by atoms with Crippen LogP contribution in [0.1, 0.15) is 24.2 Å². The van der Waals surface area contributed by atoms with Gasteiger partial charge in [0.1, 0.15) is 10.0 Å². The van der Waals surface area contributed by atoms with Crippen molar-refractivity contribution in [1.82, 2.24) is 4.98 Å². The van der Waals surface area contributed by atoms with Gasteiger partial charge in [0.2, 0.25) is 0 Å². The number of carbonyl (C=O) groups is 1. The summed E-state index contributed by atoms with van der Waals surface area (Å²) in [7, 11) is 0. The molecule has 0 aliphatic rings. The van der Waals surface area contributed by atoms with Crippen LogP contribution >= 0.6 is 15.9 Å². The molecule has 0 saturated heterocycles. The van der Waals surface area contributed by atoms with Gasteiger partial charge in [-0.25, -0.2) is 0 Å². The average Bonchev–Trinajstić information content (AvgIpc) is 2.19. The number of nitro groups is 1. The van der Waals surface area contributed by atoms with E-state index in [0.29, 0.717) is 10.8 Å². The Morgan fingerprint density at radius 1 is 1.62 bits per heavy atom. The molecule has 0 saturated carbocycles. The number of rotatable bonds is 4. The number of pyridine rings is 1.